The van der Waals surface area contributed by atoms with Crippen LogP contribution >= 0.6 is 15.9 Å². The third-order valence-electron chi connectivity index (χ3n) is 2.61. The molecule has 1 aromatic carbocycles. The van der Waals surface area contributed by atoms with Crippen molar-refractivity contribution in [2.45, 2.75) is 13.0 Å². The number of phenols is 1. The van der Waals surface area contributed by atoms with E-state index in [1.165, 1.54) is 0 Å². The van der Waals surface area contributed by atoms with E-state index in [0.717, 1.165) is 35.3 Å². The molecule has 0 radical (unpaired) electrons. The Balaban J connectivity index is 2.30. The molecule has 0 aromatic heterocycles. The fourth-order valence-electron chi connectivity index (χ4n) is 1.79. The van der Waals surface area contributed by atoms with Gasteiger partial charge in [-0.25, -0.2) is 0 Å². The molecule has 0 spiro atoms. The Morgan fingerprint density at radius 1 is 1.53 bits per heavy atom. The third-order valence-corrected chi connectivity index (χ3v) is 3.25. The molecule has 0 amide bonds. The summed E-state index contributed by atoms with van der Waals surface area (Å²) in [4.78, 5) is 0. The molecular weight excluding hydrogens is 258 g/mol. The minimum Gasteiger partial charge on any atom is -0.507 e. The van der Waals surface area contributed by atoms with Gasteiger partial charge in [0.05, 0.1) is 17.2 Å². The molecule has 1 aliphatic rings. The van der Waals surface area contributed by atoms with Gasteiger partial charge in [-0.1, -0.05) is 0 Å². The summed E-state index contributed by atoms with van der Waals surface area (Å²) < 4.78 is 6.38. The molecule has 4 heteroatoms. The average Bonchev–Trinajstić information content (AvgIpc) is 2.25. The second-order valence-corrected chi connectivity index (χ2v) is 4.58. The Morgan fingerprint density at radius 2 is 2.33 bits per heavy atom. The van der Waals surface area contributed by atoms with Crippen molar-refractivity contribution in [2.75, 3.05) is 19.7 Å². The van der Waals surface area contributed by atoms with E-state index in [0.29, 0.717) is 0 Å². The van der Waals surface area contributed by atoms with Crippen molar-refractivity contribution in [3.8, 4) is 5.75 Å². The lowest BCUT2D eigenvalue weighted by Crippen LogP contribution is -2.33. The van der Waals surface area contributed by atoms with Crippen molar-refractivity contribution < 1.29 is 9.84 Å². The van der Waals surface area contributed by atoms with Gasteiger partial charge in [0.15, 0.2) is 0 Å². The van der Waals surface area contributed by atoms with Gasteiger partial charge in [-0.2, -0.15) is 0 Å². The summed E-state index contributed by atoms with van der Waals surface area (Å²) in [6, 6.07) is 3.69. The lowest BCUT2D eigenvalue weighted by atomic mass is 10.0. The second kappa shape index (κ2) is 4.51. The zero-order valence-corrected chi connectivity index (χ0v) is 10.2. The first-order valence-corrected chi connectivity index (χ1v) is 5.79. The number of aromatic hydroxyl groups is 1. The van der Waals surface area contributed by atoms with Gasteiger partial charge < -0.3 is 15.2 Å². The van der Waals surface area contributed by atoms with E-state index >= 15 is 0 Å². The van der Waals surface area contributed by atoms with Gasteiger partial charge >= 0.3 is 0 Å². The lowest BCUT2D eigenvalue weighted by Gasteiger charge is -2.25. The topological polar surface area (TPSA) is 41.5 Å². The minimum atomic E-state index is 0.0535. The average molecular weight is 272 g/mol. The molecule has 1 atom stereocenters. The second-order valence-electron chi connectivity index (χ2n) is 3.72. The van der Waals surface area contributed by atoms with E-state index in [2.05, 4.69) is 21.2 Å². The normalized spacial score (nSPS) is 21.6. The van der Waals surface area contributed by atoms with Gasteiger partial charge in [-0.15, -0.1) is 0 Å². The Hall–Kier alpha value is -0.580. The van der Waals surface area contributed by atoms with Crippen molar-refractivity contribution >= 4 is 15.9 Å². The molecule has 1 fully saturated rings. The number of phenolic OH excluding ortho intramolecular Hbond substituents is 1. The molecule has 15 heavy (non-hydrogen) atoms. The van der Waals surface area contributed by atoms with Crippen LogP contribution in [0.4, 0.5) is 0 Å². The summed E-state index contributed by atoms with van der Waals surface area (Å²) in [7, 11) is 0. The first kappa shape index (κ1) is 10.9. The zero-order chi connectivity index (χ0) is 10.8. The van der Waals surface area contributed by atoms with Crippen LogP contribution in [0.5, 0.6) is 5.75 Å². The number of benzene rings is 1. The Kier molecular flexibility index (Phi) is 3.29. The van der Waals surface area contributed by atoms with E-state index in [9.17, 15) is 5.11 Å². The van der Waals surface area contributed by atoms with E-state index in [4.69, 9.17) is 4.74 Å². The van der Waals surface area contributed by atoms with Crippen molar-refractivity contribution in [1.82, 2.24) is 5.32 Å². The van der Waals surface area contributed by atoms with Crippen molar-refractivity contribution in [2.24, 2.45) is 0 Å². The molecule has 0 aliphatic carbocycles. The molecule has 1 aromatic rings. The molecule has 1 unspecified atom stereocenters. The van der Waals surface area contributed by atoms with Crippen LogP contribution < -0.4 is 5.32 Å². The lowest BCUT2D eigenvalue weighted by molar-refractivity contribution is 0.0272. The van der Waals surface area contributed by atoms with Gasteiger partial charge in [0.1, 0.15) is 5.75 Å². The Morgan fingerprint density at radius 3 is 3.00 bits per heavy atom. The quantitative estimate of drug-likeness (QED) is 0.822. The first-order valence-electron chi connectivity index (χ1n) is 5.00. The number of aryl methyl sites for hydroxylation is 1. The molecular formula is C11H14BrNO2. The van der Waals surface area contributed by atoms with Gasteiger partial charge in [0.2, 0.25) is 0 Å². The van der Waals surface area contributed by atoms with E-state index in [-0.39, 0.29) is 11.9 Å². The van der Waals surface area contributed by atoms with Crippen LogP contribution in [0.15, 0.2) is 16.6 Å². The first-order chi connectivity index (χ1) is 7.18. The summed E-state index contributed by atoms with van der Waals surface area (Å²) >= 11 is 3.30. The van der Waals surface area contributed by atoms with Crippen LogP contribution in [0.25, 0.3) is 0 Å². The van der Waals surface area contributed by atoms with Crippen LogP contribution in [0.2, 0.25) is 0 Å². The highest BCUT2D eigenvalue weighted by Gasteiger charge is 2.18. The molecule has 82 valence electrons. The third kappa shape index (κ3) is 2.33. The fourth-order valence-corrected chi connectivity index (χ4v) is 2.25. The van der Waals surface area contributed by atoms with Crippen molar-refractivity contribution in [1.29, 1.82) is 0 Å². The number of nitrogens with one attached hydrogen (secondary N) is 1. The summed E-state index contributed by atoms with van der Waals surface area (Å²) in [5, 5.41) is 12.9. The zero-order valence-electron chi connectivity index (χ0n) is 8.59. The molecule has 2 N–H and O–H groups in total. The number of halogens is 1. The van der Waals surface area contributed by atoms with Crippen molar-refractivity contribution in [3.63, 3.8) is 0 Å². The molecule has 1 heterocycles. The predicted molar refractivity (Wildman–Crippen MR) is 62.1 cm³/mol. The summed E-state index contributed by atoms with van der Waals surface area (Å²) in [5.41, 5.74) is 2.19. The van der Waals surface area contributed by atoms with Gasteiger partial charge in [-0.05, 0) is 46.1 Å². The monoisotopic (exact) mass is 271 g/mol. The molecule has 0 saturated carbocycles. The minimum absolute atomic E-state index is 0.0535. The van der Waals surface area contributed by atoms with Crippen LogP contribution in [-0.2, 0) is 4.74 Å². The number of hydrogen-bond acceptors (Lipinski definition) is 3. The predicted octanol–water partition coefficient (Wildman–Crippen LogP) is 2.12. The maximum absolute atomic E-state index is 9.63. The summed E-state index contributed by atoms with van der Waals surface area (Å²) in [6.45, 7) is 4.46. The van der Waals surface area contributed by atoms with Gasteiger partial charge in [0, 0.05) is 13.1 Å². The van der Waals surface area contributed by atoms with Crippen LogP contribution in [-0.4, -0.2) is 24.8 Å². The highest BCUT2D eigenvalue weighted by molar-refractivity contribution is 9.10. The fraction of sp³-hybridized carbons (Fsp3) is 0.455. The van der Waals surface area contributed by atoms with E-state index in [1.807, 2.05) is 13.0 Å². The van der Waals surface area contributed by atoms with Crippen LogP contribution in [0.1, 0.15) is 17.2 Å². The van der Waals surface area contributed by atoms with Crippen molar-refractivity contribution in [3.05, 3.63) is 27.7 Å². The number of morpholine rings is 1. The van der Waals surface area contributed by atoms with Crippen LogP contribution in [0.3, 0.4) is 0 Å². The van der Waals surface area contributed by atoms with Crippen LogP contribution in [0, 0.1) is 6.92 Å². The smallest absolute Gasteiger partial charge is 0.130 e. The highest BCUT2D eigenvalue weighted by atomic mass is 79.9. The highest BCUT2D eigenvalue weighted by Crippen LogP contribution is 2.31. The van der Waals surface area contributed by atoms with Gasteiger partial charge in [0.25, 0.3) is 0 Å². The Bertz CT molecular complexity index is 362. The summed E-state index contributed by atoms with van der Waals surface area (Å²) in [6.07, 6.45) is 0.0535. The maximum Gasteiger partial charge on any atom is 0.130 e. The number of rotatable bonds is 1. The standard InChI is InChI=1S/C11H14BrNO2/c1-7-4-9(12)10(14)5-8(7)11-6-13-2-3-15-11/h4-5,11,13-14H,2-3,6H2,1H3. The SMILES string of the molecule is Cc1cc(Br)c(O)cc1C1CNCCO1. The molecule has 2 rings (SSSR count). The maximum atomic E-state index is 9.63. The number of ether oxygens (including phenoxy) is 1. The van der Waals surface area contributed by atoms with E-state index < -0.39 is 0 Å². The largest absolute Gasteiger partial charge is 0.507 e. The molecule has 1 aliphatic heterocycles. The van der Waals surface area contributed by atoms with E-state index in [1.54, 1.807) is 6.07 Å². The van der Waals surface area contributed by atoms with Gasteiger partial charge in [-0.3, -0.25) is 0 Å². The number of hydrogen-bond donors (Lipinski definition) is 2. The Labute approximate surface area is 97.6 Å². The molecule has 1 saturated heterocycles. The molecule has 0 bridgehead atoms. The summed E-state index contributed by atoms with van der Waals surface area (Å²) in [5.74, 6) is 0.268. The molecule has 3 nitrogen and oxygen atoms in total.